The van der Waals surface area contributed by atoms with E-state index in [0.717, 1.165) is 29.8 Å². The summed E-state index contributed by atoms with van der Waals surface area (Å²) in [5.41, 5.74) is 3.26. The van der Waals surface area contributed by atoms with Gasteiger partial charge >= 0.3 is 0 Å². The highest BCUT2D eigenvalue weighted by Crippen LogP contribution is 2.42. The zero-order valence-electron chi connectivity index (χ0n) is 18.5. The van der Waals surface area contributed by atoms with E-state index in [-0.39, 0.29) is 17.8 Å². The fourth-order valence-electron chi connectivity index (χ4n) is 4.19. The molecule has 1 aromatic heterocycles. The number of ether oxygens (including phenoxy) is 2. The molecule has 0 saturated carbocycles. The summed E-state index contributed by atoms with van der Waals surface area (Å²) >= 11 is 1.69. The number of carbonyl (C=O) groups excluding carboxylic acids is 1. The molecule has 2 aromatic carbocycles. The van der Waals surface area contributed by atoms with Crippen molar-refractivity contribution in [3.05, 3.63) is 81.3 Å². The summed E-state index contributed by atoms with van der Waals surface area (Å²) in [5, 5.41) is 2.06. The molecule has 1 amide bonds. The Morgan fingerprint density at radius 2 is 1.88 bits per heavy atom. The van der Waals surface area contributed by atoms with Crippen LogP contribution in [0.2, 0.25) is 0 Å². The van der Waals surface area contributed by atoms with E-state index in [1.807, 2.05) is 12.1 Å². The van der Waals surface area contributed by atoms with Crippen molar-refractivity contribution >= 4 is 17.2 Å². The minimum Gasteiger partial charge on any atom is -0.493 e. The van der Waals surface area contributed by atoms with Gasteiger partial charge in [0.05, 0.1) is 26.8 Å². The fourth-order valence-corrected chi connectivity index (χ4v) is 5.07. The molecule has 0 N–H and O–H groups in total. The molecule has 0 saturated heterocycles. The van der Waals surface area contributed by atoms with Crippen molar-refractivity contribution < 1.29 is 18.7 Å². The molecule has 0 bridgehead atoms. The van der Waals surface area contributed by atoms with Crippen molar-refractivity contribution in [2.75, 3.05) is 34.4 Å². The lowest BCUT2D eigenvalue weighted by Gasteiger charge is -2.37. The predicted molar refractivity (Wildman–Crippen MR) is 124 cm³/mol. The summed E-state index contributed by atoms with van der Waals surface area (Å²) < 4.78 is 24.2. The summed E-state index contributed by atoms with van der Waals surface area (Å²) in [6.07, 6.45) is 0.826. The highest BCUT2D eigenvalue weighted by Gasteiger charge is 2.32. The Hall–Kier alpha value is -2.90. The predicted octanol–water partition coefficient (Wildman–Crippen LogP) is 4.51. The third-order valence-corrected chi connectivity index (χ3v) is 6.81. The van der Waals surface area contributed by atoms with Crippen molar-refractivity contribution in [3.8, 4) is 11.5 Å². The number of hydrogen-bond donors (Lipinski definition) is 0. The Balaban J connectivity index is 1.58. The Labute approximate surface area is 192 Å². The van der Waals surface area contributed by atoms with Gasteiger partial charge in [0.2, 0.25) is 5.91 Å². The molecule has 0 aliphatic carbocycles. The molecule has 0 spiro atoms. The van der Waals surface area contributed by atoms with Gasteiger partial charge in [0, 0.05) is 25.0 Å². The number of rotatable bonds is 7. The maximum absolute atomic E-state index is 13.2. The van der Waals surface area contributed by atoms with Crippen molar-refractivity contribution in [2.24, 2.45) is 0 Å². The second-order valence-electron chi connectivity index (χ2n) is 7.92. The number of likely N-dealkylation sites (N-methyl/N-ethyl adjacent to an activating group) is 1. The number of nitrogens with zero attached hydrogens (tertiary/aromatic N) is 2. The van der Waals surface area contributed by atoms with Crippen molar-refractivity contribution in [1.82, 2.24) is 9.80 Å². The van der Waals surface area contributed by atoms with E-state index < -0.39 is 0 Å². The molecule has 4 rings (SSSR count). The SMILES string of the molecule is COc1cc2c(cc1OC)C(c1cccs1)N(CC(=O)N(C)Cc1ccc(F)cc1)CC2. The van der Waals surface area contributed by atoms with E-state index in [2.05, 4.69) is 22.4 Å². The van der Waals surface area contributed by atoms with Gasteiger partial charge in [-0.2, -0.15) is 0 Å². The second kappa shape index (κ2) is 9.71. The standard InChI is InChI=1S/C25H27FN2O3S/c1-27(15-17-6-8-19(26)9-7-17)24(29)16-28-11-10-18-13-21(30-2)22(31-3)14-20(18)25(28)23-5-4-12-32-23/h4-9,12-14,25H,10-11,15-16H2,1-3H3. The zero-order valence-corrected chi connectivity index (χ0v) is 19.3. The largest absolute Gasteiger partial charge is 0.493 e. The molecule has 2 heterocycles. The van der Waals surface area contributed by atoms with Crippen LogP contribution in [0.1, 0.15) is 27.6 Å². The van der Waals surface area contributed by atoms with Crippen LogP contribution < -0.4 is 9.47 Å². The van der Waals surface area contributed by atoms with Gasteiger partial charge in [-0.15, -0.1) is 11.3 Å². The minimum absolute atomic E-state index is 0.0262. The maximum atomic E-state index is 13.2. The first-order valence-electron chi connectivity index (χ1n) is 10.5. The van der Waals surface area contributed by atoms with Crippen LogP contribution in [0.5, 0.6) is 11.5 Å². The maximum Gasteiger partial charge on any atom is 0.236 e. The molecule has 1 aliphatic rings. The van der Waals surface area contributed by atoms with Gasteiger partial charge < -0.3 is 14.4 Å². The fraction of sp³-hybridized carbons (Fsp3) is 0.320. The van der Waals surface area contributed by atoms with Crippen LogP contribution in [0.25, 0.3) is 0 Å². The molecule has 168 valence electrons. The normalized spacial score (nSPS) is 15.8. The van der Waals surface area contributed by atoms with Crippen LogP contribution in [-0.2, 0) is 17.8 Å². The van der Waals surface area contributed by atoms with Gasteiger partial charge in [0.1, 0.15) is 5.82 Å². The van der Waals surface area contributed by atoms with Crippen molar-refractivity contribution in [3.63, 3.8) is 0 Å². The molecule has 1 unspecified atom stereocenters. The highest BCUT2D eigenvalue weighted by molar-refractivity contribution is 7.10. The molecule has 0 fully saturated rings. The van der Waals surface area contributed by atoms with Crippen LogP contribution in [0.3, 0.4) is 0 Å². The van der Waals surface area contributed by atoms with E-state index in [4.69, 9.17) is 9.47 Å². The van der Waals surface area contributed by atoms with Crippen LogP contribution >= 0.6 is 11.3 Å². The summed E-state index contributed by atoms with van der Waals surface area (Å²) in [6, 6.07) is 14.5. The smallest absolute Gasteiger partial charge is 0.236 e. The van der Waals surface area contributed by atoms with Crippen LogP contribution in [0, 0.1) is 5.82 Å². The Morgan fingerprint density at radius 3 is 2.53 bits per heavy atom. The summed E-state index contributed by atoms with van der Waals surface area (Å²) in [5.74, 6) is 1.16. The first-order valence-corrected chi connectivity index (χ1v) is 11.4. The van der Waals surface area contributed by atoms with Gasteiger partial charge in [-0.05, 0) is 58.8 Å². The molecule has 32 heavy (non-hydrogen) atoms. The zero-order chi connectivity index (χ0) is 22.7. The Bertz CT molecular complexity index is 1070. The number of methoxy groups -OCH3 is 2. The average Bonchev–Trinajstić information content (AvgIpc) is 3.33. The molecule has 1 aliphatic heterocycles. The first-order chi connectivity index (χ1) is 15.5. The quantitative estimate of drug-likeness (QED) is 0.527. The third kappa shape index (κ3) is 4.64. The third-order valence-electron chi connectivity index (χ3n) is 5.88. The molecule has 5 nitrogen and oxygen atoms in total. The van der Waals surface area contributed by atoms with Gasteiger partial charge in [0.25, 0.3) is 0 Å². The lowest BCUT2D eigenvalue weighted by Crippen LogP contribution is -2.43. The lowest BCUT2D eigenvalue weighted by atomic mass is 9.91. The first kappa shape index (κ1) is 22.3. The number of halogens is 1. The number of amides is 1. The second-order valence-corrected chi connectivity index (χ2v) is 8.90. The molecule has 7 heteroatoms. The van der Waals surface area contributed by atoms with Crippen molar-refractivity contribution in [2.45, 2.75) is 19.0 Å². The molecular weight excluding hydrogens is 427 g/mol. The van der Waals surface area contributed by atoms with E-state index in [9.17, 15) is 9.18 Å². The average molecular weight is 455 g/mol. The summed E-state index contributed by atoms with van der Waals surface area (Å²) in [7, 11) is 5.07. The highest BCUT2D eigenvalue weighted by atomic mass is 32.1. The number of carbonyl (C=O) groups is 1. The number of thiophene rings is 1. The van der Waals surface area contributed by atoms with Crippen LogP contribution in [0.15, 0.2) is 53.9 Å². The molecular formula is C25H27FN2O3S. The summed E-state index contributed by atoms with van der Waals surface area (Å²) in [4.78, 5) is 18.2. The monoisotopic (exact) mass is 454 g/mol. The van der Waals surface area contributed by atoms with E-state index in [1.165, 1.54) is 22.6 Å². The van der Waals surface area contributed by atoms with Crippen LogP contribution in [0.4, 0.5) is 4.39 Å². The molecule has 3 aromatic rings. The van der Waals surface area contributed by atoms with Gasteiger partial charge in [0.15, 0.2) is 11.5 Å². The van der Waals surface area contributed by atoms with E-state index >= 15 is 0 Å². The summed E-state index contributed by atoms with van der Waals surface area (Å²) in [6.45, 7) is 1.51. The number of fused-ring (bicyclic) bond motifs is 1. The number of hydrogen-bond acceptors (Lipinski definition) is 5. The van der Waals surface area contributed by atoms with Gasteiger partial charge in [-0.1, -0.05) is 18.2 Å². The minimum atomic E-state index is -0.277. The van der Waals surface area contributed by atoms with Crippen LogP contribution in [-0.4, -0.2) is 50.1 Å². The lowest BCUT2D eigenvalue weighted by molar-refractivity contribution is -0.132. The number of benzene rings is 2. The topological polar surface area (TPSA) is 42.0 Å². The van der Waals surface area contributed by atoms with E-state index in [1.54, 1.807) is 49.6 Å². The molecule has 0 radical (unpaired) electrons. The van der Waals surface area contributed by atoms with Gasteiger partial charge in [-0.3, -0.25) is 9.69 Å². The van der Waals surface area contributed by atoms with Gasteiger partial charge in [-0.25, -0.2) is 4.39 Å². The molecule has 1 atom stereocenters. The Morgan fingerprint density at radius 1 is 1.16 bits per heavy atom. The van der Waals surface area contributed by atoms with Crippen molar-refractivity contribution in [1.29, 1.82) is 0 Å². The van der Waals surface area contributed by atoms with E-state index in [0.29, 0.717) is 18.8 Å². The Kier molecular flexibility index (Phi) is 6.77.